The maximum Gasteiger partial charge on any atom is 0.221 e. The number of para-hydroxylation sites is 6. The van der Waals surface area contributed by atoms with E-state index in [-0.39, 0.29) is 22.3 Å². The molecule has 0 saturated heterocycles. The van der Waals surface area contributed by atoms with Crippen LogP contribution in [-0.2, 0) is 0 Å². The second-order valence-corrected chi connectivity index (χ2v) is 37.1. The zero-order valence-corrected chi connectivity index (χ0v) is 75.1. The number of thiophene rings is 1. The first-order valence-electron chi connectivity index (χ1n) is 46.9. The van der Waals surface area contributed by atoms with Gasteiger partial charge in [0.25, 0.3) is 0 Å². The molecule has 0 atom stereocenters. The van der Waals surface area contributed by atoms with Crippen LogP contribution in [0.2, 0.25) is 0 Å². The first kappa shape index (κ1) is 82.7. The molecule has 668 valence electrons. The molecule has 0 unspecified atom stereocenters. The summed E-state index contributed by atoms with van der Waals surface area (Å²) >= 11 is 1.86. The quantitative estimate of drug-likeness (QED) is 0.150. The number of fused-ring (bicyclic) bond motifs is 42. The summed E-state index contributed by atoms with van der Waals surface area (Å²) in [6.07, 6.45) is 3.70. The van der Waals surface area contributed by atoms with E-state index in [2.05, 4.69) is 421 Å². The van der Waals surface area contributed by atoms with Crippen molar-refractivity contribution in [1.29, 1.82) is 0 Å². The van der Waals surface area contributed by atoms with Crippen molar-refractivity contribution in [2.24, 2.45) is 0 Å². The predicted molar refractivity (Wildman–Crippen MR) is 597 cm³/mol. The van der Waals surface area contributed by atoms with Crippen molar-refractivity contribution in [1.82, 2.24) is 66.8 Å². The lowest BCUT2D eigenvalue weighted by Crippen LogP contribution is -1.99. The molecular formula is C127H84N14S. The highest BCUT2D eigenvalue weighted by molar-refractivity contribution is 7.26. The number of hydrogen-bond donors (Lipinski definition) is 0. The first-order chi connectivity index (χ1) is 69.0. The molecule has 0 saturated carbocycles. The molecule has 142 heavy (non-hydrogen) atoms. The highest BCUT2D eigenvalue weighted by atomic mass is 32.1. The zero-order valence-electron chi connectivity index (χ0n) is 74.2. The molecule has 0 aliphatic carbocycles. The predicted octanol–water partition coefficient (Wildman–Crippen LogP) is 33.4. The van der Waals surface area contributed by atoms with Gasteiger partial charge in [-0.2, -0.15) is 0 Å². The van der Waals surface area contributed by atoms with E-state index in [9.17, 15) is 0 Å². The number of pyridine rings is 5. The first-order valence-corrected chi connectivity index (χ1v) is 47.7. The van der Waals surface area contributed by atoms with E-state index in [1.54, 1.807) is 0 Å². The lowest BCUT2D eigenvalue weighted by atomic mass is 9.92. The van der Waals surface area contributed by atoms with E-state index in [0.717, 1.165) is 172 Å². The maximum absolute atomic E-state index is 5.44. The second-order valence-electron chi connectivity index (χ2n) is 36.0. The molecule has 0 fully saturated rings. The van der Waals surface area contributed by atoms with Crippen LogP contribution < -0.4 is 0 Å². The van der Waals surface area contributed by atoms with Crippen molar-refractivity contribution in [3.05, 3.63) is 437 Å². The smallest absolute Gasteiger partial charge is 0.221 e. The van der Waals surface area contributed by atoms with Gasteiger partial charge in [-0.3, -0.25) is 36.9 Å². The van der Waals surface area contributed by atoms with E-state index < -0.39 is 0 Å². The Kier molecular flexibility index (Phi) is 18.8. The van der Waals surface area contributed by atoms with Crippen LogP contribution in [0.3, 0.4) is 0 Å². The molecule has 15 heteroatoms. The number of rotatable bonds is 6. The molecular weight excluding hydrogens is 1750 g/mol. The van der Waals surface area contributed by atoms with Crippen LogP contribution in [0.15, 0.2) is 437 Å². The van der Waals surface area contributed by atoms with Gasteiger partial charge in [0.2, 0.25) is 17.3 Å². The highest BCUT2D eigenvalue weighted by Crippen LogP contribution is 2.47. The zero-order chi connectivity index (χ0) is 90.8. The fourth-order valence-corrected chi connectivity index (χ4v) is 23.7. The molecule has 0 aliphatic heterocycles. The Balaban J connectivity index is 0.000000106. The Hall–Kier alpha value is -18.7. The van der Waals surface area contributed by atoms with Gasteiger partial charge < -0.3 is 0 Å². The SMILES string of the molecule is C.C.C.c1ccc(-c2ccc3c(c2)n2c4ccccc4nc2n3-c2ccc3c4ccccc4c4cccnc4c3n2)cc1.c1ccc2c(c1)nc1n(-c3ccc4c5ccccc5c5ccccc5c4n3)c3ccc(-c4ccc5c6ccccc6c6ccccc6c5c4)cc3n21.c1ccc2c(c1)nc1n(-c3ccc4c5ccccc5c5cccnc5c4n3)c3ccc(-c4cccc5c4sc4ccccc45)cc3n21. The van der Waals surface area contributed by atoms with Gasteiger partial charge in [0.1, 0.15) is 17.5 Å². The molecule has 0 amide bonds. The number of hydrogen-bond acceptors (Lipinski definition) is 9. The molecule has 14 nitrogen and oxygen atoms in total. The number of nitrogens with zero attached hydrogens (tertiary/aromatic N) is 14. The Bertz CT molecular complexity index is 10800. The summed E-state index contributed by atoms with van der Waals surface area (Å²) in [4.78, 5) is 41.2. The fourth-order valence-electron chi connectivity index (χ4n) is 22.4. The summed E-state index contributed by atoms with van der Waals surface area (Å²) in [5.41, 5.74) is 24.2. The third-order valence-electron chi connectivity index (χ3n) is 28.6. The molecule has 12 heterocycles. The summed E-state index contributed by atoms with van der Waals surface area (Å²) in [5.74, 6) is 5.00. The summed E-state index contributed by atoms with van der Waals surface area (Å²) in [6, 6.07) is 151. The van der Waals surface area contributed by atoms with Gasteiger partial charge in [0.05, 0.1) is 93.8 Å². The van der Waals surface area contributed by atoms with Gasteiger partial charge in [0.15, 0.2) is 0 Å². The van der Waals surface area contributed by atoms with Crippen molar-refractivity contribution in [2.45, 2.75) is 22.3 Å². The van der Waals surface area contributed by atoms with Gasteiger partial charge in [-0.25, -0.2) is 29.9 Å². The van der Waals surface area contributed by atoms with Crippen molar-refractivity contribution >= 4 is 245 Å². The third-order valence-corrected chi connectivity index (χ3v) is 29.8. The van der Waals surface area contributed by atoms with Crippen LogP contribution in [0.25, 0.3) is 284 Å². The van der Waals surface area contributed by atoms with Crippen molar-refractivity contribution in [3.8, 4) is 50.8 Å². The van der Waals surface area contributed by atoms with Gasteiger partial charge in [-0.15, -0.1) is 11.3 Å². The van der Waals surface area contributed by atoms with Crippen molar-refractivity contribution in [3.63, 3.8) is 0 Å². The molecule has 0 aliphatic rings. The molecule has 32 rings (SSSR count). The number of aromatic nitrogens is 14. The maximum atomic E-state index is 5.44. The van der Waals surface area contributed by atoms with Gasteiger partial charge in [-0.05, 0) is 237 Å². The average molecular weight is 1840 g/mol. The average Bonchev–Trinajstić information content (AvgIpc) is 1.54. The lowest BCUT2D eigenvalue weighted by molar-refractivity contribution is 1.06. The lowest BCUT2D eigenvalue weighted by Gasteiger charge is -2.13. The van der Waals surface area contributed by atoms with E-state index in [1.807, 2.05) is 54.1 Å². The monoisotopic (exact) mass is 1840 g/mol. The highest BCUT2D eigenvalue weighted by Gasteiger charge is 2.27. The Morgan fingerprint density at radius 1 is 0.176 bits per heavy atom. The van der Waals surface area contributed by atoms with Gasteiger partial charge >= 0.3 is 0 Å². The molecule has 32 aromatic rings. The molecule has 20 aromatic carbocycles. The molecule has 12 aromatic heterocycles. The minimum Gasteiger partial charge on any atom is -0.276 e. The molecule has 0 N–H and O–H groups in total. The minimum atomic E-state index is 0. The number of imidazole rings is 6. The van der Waals surface area contributed by atoms with E-state index in [4.69, 9.17) is 39.9 Å². The number of benzene rings is 20. The van der Waals surface area contributed by atoms with Crippen molar-refractivity contribution < 1.29 is 0 Å². The molecule has 0 bridgehead atoms. The Morgan fingerprint density at radius 2 is 0.479 bits per heavy atom. The van der Waals surface area contributed by atoms with Crippen LogP contribution in [0.5, 0.6) is 0 Å². The summed E-state index contributed by atoms with van der Waals surface area (Å²) in [5, 5.41) is 25.4. The fraction of sp³-hybridized carbons (Fsp3) is 0.0236. The van der Waals surface area contributed by atoms with Crippen LogP contribution in [-0.4, -0.2) is 66.8 Å². The largest absolute Gasteiger partial charge is 0.276 e. The summed E-state index contributed by atoms with van der Waals surface area (Å²) in [6.45, 7) is 0. The van der Waals surface area contributed by atoms with E-state index in [0.29, 0.717) is 0 Å². The van der Waals surface area contributed by atoms with Crippen LogP contribution >= 0.6 is 11.3 Å². The minimum absolute atomic E-state index is 0. The molecule has 0 radical (unpaired) electrons. The normalized spacial score (nSPS) is 11.9. The Labute approximate surface area is 816 Å². The van der Waals surface area contributed by atoms with Crippen molar-refractivity contribution in [2.75, 3.05) is 0 Å². The summed E-state index contributed by atoms with van der Waals surface area (Å²) < 4.78 is 16.0. The van der Waals surface area contributed by atoms with Gasteiger partial charge in [0, 0.05) is 64.9 Å². The Morgan fingerprint density at radius 3 is 0.930 bits per heavy atom. The van der Waals surface area contributed by atoms with Crippen LogP contribution in [0.4, 0.5) is 0 Å². The van der Waals surface area contributed by atoms with E-state index in [1.165, 1.54) is 112 Å². The third kappa shape index (κ3) is 12.3. The van der Waals surface area contributed by atoms with E-state index >= 15 is 0 Å². The topological polar surface area (TPSA) is 131 Å². The van der Waals surface area contributed by atoms with Crippen LogP contribution in [0, 0.1) is 0 Å². The van der Waals surface area contributed by atoms with Crippen LogP contribution in [0.1, 0.15) is 22.3 Å². The summed E-state index contributed by atoms with van der Waals surface area (Å²) in [7, 11) is 0. The second kappa shape index (κ2) is 32.2. The standard InChI is InChI=1S/C48H28N4.C41H23N5S.C35H21N5.3CH4/c1-2-13-33-31(11-1)32-12-4-6-17-37(32)41-27-29(21-23-38(33)41)30-22-25-44-45(28-30)51-43-20-10-9-19-42(43)49-48(51)52(44)46-26-24-40-36-16-5-3-14-34(36)35-15-7-8-18-39(35)47(40)50-46;1-2-10-27-26(9-1)29-14-8-22-42-38(29)39-30(27)19-21-37(44-39)46-34-20-18-24(23-35(34)45-33-16-5-4-15-32(33)43-41(45)46)25-12-7-13-31-28-11-3-6-17-36(28)47-40(25)31;1-2-9-22(10-3-1)23-16-18-30-31(21-23)39-29-15-7-6-14-28(29)37-35(39)40(30)32-19-17-27-25-12-5-4-11-24(25)26-13-8-20-36-33(26)34(27)38-32;;;/h1-28H;1-23H;1-21H;3*1H4. The van der Waals surface area contributed by atoms with Gasteiger partial charge in [-0.1, -0.05) is 313 Å². The molecule has 0 spiro atoms.